The van der Waals surface area contributed by atoms with Gasteiger partial charge in [-0.15, -0.1) is 0 Å². The van der Waals surface area contributed by atoms with Gasteiger partial charge in [-0.05, 0) is 255 Å². The highest BCUT2D eigenvalue weighted by atomic mass is 16.6. The summed E-state index contributed by atoms with van der Waals surface area (Å²) >= 11 is 0. The third kappa shape index (κ3) is 57.3. The lowest BCUT2D eigenvalue weighted by Gasteiger charge is -2.38. The molecule has 8 atom stereocenters. The number of fused-ring (bicyclic) bond motifs is 1. The number of unbranched alkanes of at least 4 members (excludes halogenated alkanes) is 1. The third-order valence-electron chi connectivity index (χ3n) is 23.9. The fourth-order valence-corrected chi connectivity index (χ4v) is 16.1. The topological polar surface area (TPSA) is 258 Å². The predicted molar refractivity (Wildman–Crippen MR) is 564 cm³/mol. The van der Waals surface area contributed by atoms with Crippen LogP contribution in [0.5, 0.6) is 11.5 Å². The first-order valence-electron chi connectivity index (χ1n) is 49.7. The number of hydrogen-bond donors (Lipinski definition) is 8. The zero-order chi connectivity index (χ0) is 100. The van der Waals surface area contributed by atoms with E-state index in [0.717, 1.165) is 168 Å². The smallest absolute Gasteiger partial charge is 0.377 e. The summed E-state index contributed by atoms with van der Waals surface area (Å²) in [5.41, 5.74) is 13.0. The van der Waals surface area contributed by atoms with Crippen LogP contribution in [-0.2, 0) is 30.3 Å². The number of aliphatic hydroxyl groups excluding tert-OH is 6. The number of hydrogen-bond acceptors (Lipinski definition) is 13. The normalized spacial score (nSPS) is 20.0. The summed E-state index contributed by atoms with van der Waals surface area (Å²) in [6, 6.07) is 0. The van der Waals surface area contributed by atoms with Crippen LogP contribution >= 0.6 is 0 Å². The SMILES string of the molecule is CC(=O)Oc1c(C)c(C)c2c(c1C)CCC(C)(CCCC(C)CCCC(C)CCCC(C)C)O2.CC/C=C\C/C=C\C/C=C\C/C=C\C/C=C\C/C=C\CCC(=O)O.CC/C=C\C/C=C\C/C=C\C/C=C\C/C=C\CCCC(=O)O.CC1=C[C@H](O)CC(C)(C)[C@H]1/C=C/C(C)=C/C=C/C(C)=C/C=C/C=C(C)/C=C/C=C(C)/C=C/C1=C(C)C[C@@H](O)CC1(C)C.O=C1O[C@H]([C@@H](O)CO)C(O)=C1O. The Bertz CT molecular complexity index is 4380. The van der Waals surface area contributed by atoms with Crippen molar-refractivity contribution in [1.82, 2.24) is 0 Å². The van der Waals surface area contributed by atoms with Gasteiger partial charge in [0.05, 0.1) is 18.8 Å². The zero-order valence-electron chi connectivity index (χ0n) is 86.3. The lowest BCUT2D eigenvalue weighted by molar-refractivity contribution is -0.147. The first-order valence-corrected chi connectivity index (χ1v) is 49.7. The molecule has 8 N–H and O–H groups in total. The quantitative estimate of drug-likeness (QED) is 0.00992. The van der Waals surface area contributed by atoms with Crippen LogP contribution in [0.3, 0.4) is 0 Å². The van der Waals surface area contributed by atoms with Gasteiger partial charge in [0.2, 0.25) is 5.76 Å². The van der Waals surface area contributed by atoms with Crippen molar-refractivity contribution in [3.63, 3.8) is 0 Å². The lowest BCUT2D eigenvalue weighted by atomic mass is 9.67. The number of ether oxygens (including phenoxy) is 3. The Morgan fingerprint density at radius 3 is 1.39 bits per heavy atom. The predicted octanol–water partition coefficient (Wildman–Crippen LogP) is 30.6. The van der Waals surface area contributed by atoms with Gasteiger partial charge in [0, 0.05) is 31.2 Å². The molecule has 5 rings (SSSR count). The standard InChI is InChI=1S/C40H56O2.C31H52O3.C22H32O2.C20H30O2.C6H8O6/c1-29(17-13-19-31(3)21-23-37-33(5)25-35(41)27-39(37,7)8)15-11-12-16-30(2)18-14-20-32(4)22-24-38-34(6)26-36(42)28-40(38,9)10;1-21(2)13-10-14-22(3)15-11-16-23(4)17-12-19-31(9)20-18-28-26(7)29(33-27(8)32)24(5)25(6)30(28)34-31;1-2-3-4-5-6-7-8-9-10-11-12-13-14-15-16-17-18-19-20-21-22(23)24;1-2-3-4-5-6-7-8-9-10-11-12-13-14-15-16-17-18-19-20(21)22;7-1-2(8)5-3(9)4(10)6(11)12-5/h11-25,35-37,41-42H,26-28H2,1-10H3;21-23H,10-20H2,1-9H3;3-4,6-7,9-10,12-13,15-16,18-19H,2,5,8,11,14,17,20-21H2,1H3,(H,23,24);3-4,6-7,9-10,12-13,15-16H,2,5,8,11,14,17-19H2,1H3,(H,21,22);2,5,7-10H,1H2/b12-11+,17-13+,18-14+,23-21+,24-22+,29-15+,30-16+,31-19+,32-20+;;4-3-,7-6-,10-9-,13-12-,16-15-,19-18-;4-3-,7-6-,10-9-,13-12-,16-15-;/t35-,36+,37-;;;;2-,5+/m0...0/s1. The molecular weight excluding hydrogens is 1670 g/mol. The molecule has 0 amide bonds. The van der Waals surface area contributed by atoms with E-state index in [1.54, 1.807) is 0 Å². The number of esters is 2. The maximum Gasteiger partial charge on any atom is 0.377 e. The van der Waals surface area contributed by atoms with Crippen molar-refractivity contribution in [2.45, 2.75) is 368 Å². The number of rotatable bonds is 52. The van der Waals surface area contributed by atoms with Crippen molar-refractivity contribution in [2.75, 3.05) is 6.61 Å². The van der Waals surface area contributed by atoms with Crippen LogP contribution < -0.4 is 9.47 Å². The largest absolute Gasteiger partial charge is 0.505 e. The highest BCUT2D eigenvalue weighted by molar-refractivity contribution is 5.89. The molecule has 2 aliphatic carbocycles. The highest BCUT2D eigenvalue weighted by Crippen LogP contribution is 2.46. The van der Waals surface area contributed by atoms with E-state index in [9.17, 15) is 29.4 Å². The minimum atomic E-state index is -1.42. The van der Waals surface area contributed by atoms with Crippen molar-refractivity contribution in [2.24, 2.45) is 34.5 Å². The molecule has 0 radical (unpaired) electrons. The van der Waals surface area contributed by atoms with Gasteiger partial charge in [-0.25, -0.2) is 4.79 Å². The van der Waals surface area contributed by atoms with E-state index >= 15 is 0 Å². The van der Waals surface area contributed by atoms with E-state index in [4.69, 9.17) is 40.1 Å². The number of allylic oxidation sites excluding steroid dienone is 42. The number of carbonyl (C=O) groups is 4. The summed E-state index contributed by atoms with van der Waals surface area (Å²) < 4.78 is 16.5. The molecule has 0 aromatic heterocycles. The number of benzene rings is 1. The van der Waals surface area contributed by atoms with Gasteiger partial charge in [-0.2, -0.15) is 0 Å². The Labute approximate surface area is 811 Å². The molecule has 2 aliphatic heterocycles. The number of carboxylic acid groups (broad SMARTS) is 2. The van der Waals surface area contributed by atoms with Crippen LogP contribution in [0.15, 0.2) is 275 Å². The summed E-state index contributed by atoms with van der Waals surface area (Å²) in [5.74, 6) is 0.102. The summed E-state index contributed by atoms with van der Waals surface area (Å²) in [7, 11) is 0. The minimum absolute atomic E-state index is 0.00528. The fraction of sp³-hybridized carbons (Fsp3) is 0.529. The second-order valence-electron chi connectivity index (χ2n) is 38.4. The van der Waals surface area contributed by atoms with Gasteiger partial charge < -0.3 is 55.1 Å². The number of aliphatic carboxylic acids is 2. The van der Waals surface area contributed by atoms with Crippen LogP contribution in [-0.4, -0.2) is 101 Å². The van der Waals surface area contributed by atoms with Crippen LogP contribution in [0.2, 0.25) is 0 Å². The van der Waals surface area contributed by atoms with E-state index in [1.807, 2.05) is 25.2 Å². The van der Waals surface area contributed by atoms with Crippen LogP contribution in [0.1, 0.15) is 333 Å². The van der Waals surface area contributed by atoms with Crippen molar-refractivity contribution < 1.29 is 74.2 Å². The molecule has 4 aliphatic rings. The molecule has 0 fully saturated rings. The maximum absolute atomic E-state index is 11.6. The van der Waals surface area contributed by atoms with Crippen molar-refractivity contribution >= 4 is 23.9 Å². The Hall–Kier alpha value is -9.64. The van der Waals surface area contributed by atoms with E-state index < -0.39 is 48.2 Å². The third-order valence-corrected chi connectivity index (χ3v) is 23.9. The second kappa shape index (κ2) is 71.8. The number of cyclic esters (lactones) is 1. The summed E-state index contributed by atoms with van der Waals surface area (Å²) in [4.78, 5) is 42.7. The first-order chi connectivity index (χ1) is 63.6. The number of carboxylic acids is 2. The molecule has 1 aromatic carbocycles. The van der Waals surface area contributed by atoms with Gasteiger partial charge in [0.25, 0.3) is 0 Å². The molecule has 0 spiro atoms. The van der Waals surface area contributed by atoms with Crippen molar-refractivity contribution in [3.05, 3.63) is 298 Å². The summed E-state index contributed by atoms with van der Waals surface area (Å²) in [5, 5.41) is 72.2. The molecule has 3 unspecified atom stereocenters. The maximum atomic E-state index is 11.6. The van der Waals surface area contributed by atoms with Gasteiger partial charge in [-0.3, -0.25) is 14.4 Å². The molecule has 15 heteroatoms. The number of aliphatic hydroxyl groups is 6. The van der Waals surface area contributed by atoms with E-state index in [-0.39, 0.29) is 47.4 Å². The average Bonchev–Trinajstić information content (AvgIpc) is 0.789. The van der Waals surface area contributed by atoms with Crippen molar-refractivity contribution in [1.29, 1.82) is 0 Å². The van der Waals surface area contributed by atoms with E-state index in [0.29, 0.717) is 12.3 Å². The molecule has 15 nitrogen and oxygen atoms in total. The average molecular weight is 1850 g/mol. The zero-order valence-corrected chi connectivity index (χ0v) is 86.3. The Morgan fingerprint density at radius 1 is 0.530 bits per heavy atom. The second-order valence-corrected chi connectivity index (χ2v) is 38.4. The van der Waals surface area contributed by atoms with Gasteiger partial charge in [0.15, 0.2) is 11.9 Å². The molecule has 2 heterocycles. The Morgan fingerprint density at radius 2 is 0.963 bits per heavy atom. The number of carbonyl (C=O) groups excluding carboxylic acids is 2. The molecular formula is C119H178O15. The van der Waals surface area contributed by atoms with E-state index in [1.165, 1.54) is 103 Å². The van der Waals surface area contributed by atoms with Gasteiger partial charge >= 0.3 is 23.9 Å². The van der Waals surface area contributed by atoms with Crippen molar-refractivity contribution in [3.8, 4) is 11.5 Å². The minimum Gasteiger partial charge on any atom is -0.505 e. The summed E-state index contributed by atoms with van der Waals surface area (Å²) in [6.07, 6.45) is 106. The lowest BCUT2D eigenvalue weighted by Crippen LogP contribution is -2.37. The highest BCUT2D eigenvalue weighted by Gasteiger charge is 2.40. The molecule has 0 bridgehead atoms. The summed E-state index contributed by atoms with van der Waals surface area (Å²) in [6.45, 7) is 44.7. The molecule has 1 aromatic rings. The fourth-order valence-electron chi connectivity index (χ4n) is 16.1. The molecule has 0 saturated heterocycles. The van der Waals surface area contributed by atoms with Crippen LogP contribution in [0.4, 0.5) is 0 Å². The molecule has 0 saturated carbocycles. The Kier molecular flexibility index (Phi) is 65.6. The van der Waals surface area contributed by atoms with E-state index in [2.05, 4.69) is 343 Å². The molecule has 134 heavy (non-hydrogen) atoms. The van der Waals surface area contributed by atoms with Gasteiger partial charge in [0.1, 0.15) is 23.2 Å². The van der Waals surface area contributed by atoms with Gasteiger partial charge in [-0.1, -0.05) is 372 Å². The van der Waals surface area contributed by atoms with Crippen LogP contribution in [0, 0.1) is 55.3 Å². The first kappa shape index (κ1) is 122. The molecule has 744 valence electrons. The Balaban J connectivity index is 0.000000879. The monoisotopic (exact) mass is 1850 g/mol. The van der Waals surface area contributed by atoms with Crippen LogP contribution in [0.25, 0.3) is 0 Å².